The molecule has 0 saturated heterocycles. The second kappa shape index (κ2) is 8.29. The van der Waals surface area contributed by atoms with Gasteiger partial charge in [-0.1, -0.05) is 23.9 Å². The number of rotatable bonds is 6. The second-order valence-electron chi connectivity index (χ2n) is 5.50. The molecule has 1 amide bonds. The standard InChI is InChI=1S/C18H18F3NO2S/c1-12(22-17(23)18(19,20)21)11-13-3-7-15(8-4-13)25-16-9-5-14(24-2)6-10-16/h3-10,12H,11H2,1-2H3,(H,22,23)/t12-/m1/s1. The summed E-state index contributed by atoms with van der Waals surface area (Å²) in [5.74, 6) is -1.12. The van der Waals surface area contributed by atoms with Crippen LogP contribution in [0.4, 0.5) is 13.2 Å². The number of carbonyl (C=O) groups excluding carboxylic acids is 1. The van der Waals surface area contributed by atoms with E-state index in [1.54, 1.807) is 25.8 Å². The Morgan fingerprint density at radius 3 is 2.08 bits per heavy atom. The van der Waals surface area contributed by atoms with Gasteiger partial charge in [-0.05, 0) is 55.3 Å². The first-order valence-corrected chi connectivity index (χ1v) is 8.38. The lowest BCUT2D eigenvalue weighted by molar-refractivity contribution is -0.174. The van der Waals surface area contributed by atoms with Crippen LogP contribution in [0.3, 0.4) is 0 Å². The number of ether oxygens (including phenoxy) is 1. The molecule has 0 aliphatic carbocycles. The molecule has 0 bridgehead atoms. The topological polar surface area (TPSA) is 38.3 Å². The highest BCUT2D eigenvalue weighted by Gasteiger charge is 2.39. The van der Waals surface area contributed by atoms with Crippen LogP contribution in [0.15, 0.2) is 58.3 Å². The van der Waals surface area contributed by atoms with E-state index in [2.05, 4.69) is 0 Å². The van der Waals surface area contributed by atoms with Crippen LogP contribution in [0, 0.1) is 0 Å². The maximum Gasteiger partial charge on any atom is 0.471 e. The van der Waals surface area contributed by atoms with Crippen molar-refractivity contribution < 1.29 is 22.7 Å². The zero-order valence-corrected chi connectivity index (χ0v) is 14.6. The number of carbonyl (C=O) groups is 1. The quantitative estimate of drug-likeness (QED) is 0.817. The number of amides is 1. The van der Waals surface area contributed by atoms with Gasteiger partial charge in [0.25, 0.3) is 0 Å². The van der Waals surface area contributed by atoms with Crippen molar-refractivity contribution in [3.8, 4) is 5.75 Å². The van der Waals surface area contributed by atoms with Crippen LogP contribution in [-0.2, 0) is 11.2 Å². The Kier molecular flexibility index (Phi) is 6.36. The van der Waals surface area contributed by atoms with E-state index in [1.165, 1.54) is 0 Å². The van der Waals surface area contributed by atoms with Gasteiger partial charge < -0.3 is 10.1 Å². The molecule has 0 unspecified atom stereocenters. The number of nitrogens with one attached hydrogen (secondary N) is 1. The first-order valence-electron chi connectivity index (χ1n) is 7.56. The summed E-state index contributed by atoms with van der Waals surface area (Å²) in [6.45, 7) is 1.55. The predicted octanol–water partition coefficient (Wildman–Crippen LogP) is 4.46. The summed E-state index contributed by atoms with van der Waals surface area (Å²) < 4.78 is 41.8. The van der Waals surface area contributed by atoms with E-state index in [-0.39, 0.29) is 0 Å². The summed E-state index contributed by atoms with van der Waals surface area (Å²) in [7, 11) is 1.61. The second-order valence-corrected chi connectivity index (χ2v) is 6.64. The summed E-state index contributed by atoms with van der Waals surface area (Å²) in [4.78, 5) is 13.0. The molecule has 0 heterocycles. The van der Waals surface area contributed by atoms with Crippen molar-refractivity contribution in [2.24, 2.45) is 0 Å². The van der Waals surface area contributed by atoms with Crippen molar-refractivity contribution in [2.45, 2.75) is 35.4 Å². The predicted molar refractivity (Wildman–Crippen MR) is 90.9 cm³/mol. The number of methoxy groups -OCH3 is 1. The molecular formula is C18H18F3NO2S. The molecular weight excluding hydrogens is 351 g/mol. The van der Waals surface area contributed by atoms with Crippen LogP contribution in [0.2, 0.25) is 0 Å². The number of alkyl halides is 3. The van der Waals surface area contributed by atoms with Gasteiger partial charge >= 0.3 is 12.1 Å². The van der Waals surface area contributed by atoms with Crippen molar-refractivity contribution in [1.82, 2.24) is 5.32 Å². The van der Waals surface area contributed by atoms with Crippen LogP contribution >= 0.6 is 11.8 Å². The Hall–Kier alpha value is -2.15. The lowest BCUT2D eigenvalue weighted by atomic mass is 10.1. The zero-order chi connectivity index (χ0) is 18.4. The fourth-order valence-electron chi connectivity index (χ4n) is 2.18. The largest absolute Gasteiger partial charge is 0.497 e. The average molecular weight is 369 g/mol. The fraction of sp³-hybridized carbons (Fsp3) is 0.278. The highest BCUT2D eigenvalue weighted by Crippen LogP contribution is 2.29. The monoisotopic (exact) mass is 369 g/mol. The molecule has 0 aromatic heterocycles. The van der Waals surface area contributed by atoms with Crippen LogP contribution in [-0.4, -0.2) is 25.2 Å². The summed E-state index contributed by atoms with van der Waals surface area (Å²) in [6.07, 6.45) is -4.53. The van der Waals surface area contributed by atoms with Crippen LogP contribution in [0.25, 0.3) is 0 Å². The Morgan fingerprint density at radius 2 is 1.60 bits per heavy atom. The van der Waals surface area contributed by atoms with Crippen LogP contribution < -0.4 is 10.1 Å². The molecule has 1 N–H and O–H groups in total. The number of benzene rings is 2. The van der Waals surface area contributed by atoms with E-state index in [0.717, 1.165) is 21.1 Å². The molecule has 0 radical (unpaired) electrons. The summed E-state index contributed by atoms with van der Waals surface area (Å²) >= 11 is 1.57. The Bertz CT molecular complexity index is 700. The van der Waals surface area contributed by atoms with E-state index in [4.69, 9.17) is 4.74 Å². The number of halogens is 3. The minimum atomic E-state index is -4.85. The first-order chi connectivity index (χ1) is 11.8. The van der Waals surface area contributed by atoms with Gasteiger partial charge in [0.1, 0.15) is 5.75 Å². The Balaban J connectivity index is 1.91. The van der Waals surface area contributed by atoms with E-state index < -0.39 is 18.1 Å². The summed E-state index contributed by atoms with van der Waals surface area (Å²) in [6, 6.07) is 14.6. The third-order valence-electron chi connectivity index (χ3n) is 3.40. The molecule has 0 aliphatic rings. The molecule has 2 aromatic carbocycles. The lowest BCUT2D eigenvalue weighted by Gasteiger charge is -2.15. The summed E-state index contributed by atoms with van der Waals surface area (Å²) in [5, 5.41) is 1.95. The maximum atomic E-state index is 12.2. The molecule has 2 aromatic rings. The molecule has 1 atom stereocenters. The molecule has 0 saturated carbocycles. The normalized spacial score (nSPS) is 12.5. The number of hydrogen-bond donors (Lipinski definition) is 1. The Labute approximate surface area is 148 Å². The summed E-state index contributed by atoms with van der Waals surface area (Å²) in [5.41, 5.74) is 0.856. The first kappa shape index (κ1) is 19.2. The van der Waals surface area contributed by atoms with Gasteiger partial charge in [-0.15, -0.1) is 0 Å². The highest BCUT2D eigenvalue weighted by molar-refractivity contribution is 7.99. The van der Waals surface area contributed by atoms with Gasteiger partial charge in [0, 0.05) is 15.8 Å². The third-order valence-corrected chi connectivity index (χ3v) is 4.41. The van der Waals surface area contributed by atoms with Crippen molar-refractivity contribution in [2.75, 3.05) is 7.11 Å². The lowest BCUT2D eigenvalue weighted by Crippen LogP contribution is -2.42. The van der Waals surface area contributed by atoms with Crippen molar-refractivity contribution in [3.63, 3.8) is 0 Å². The fourth-order valence-corrected chi connectivity index (χ4v) is 3.00. The third kappa shape index (κ3) is 6.01. The van der Waals surface area contributed by atoms with Gasteiger partial charge in [0.15, 0.2) is 0 Å². The van der Waals surface area contributed by atoms with Crippen molar-refractivity contribution in [1.29, 1.82) is 0 Å². The zero-order valence-electron chi connectivity index (χ0n) is 13.8. The molecule has 2 rings (SSSR count). The Morgan fingerprint density at radius 1 is 1.08 bits per heavy atom. The minimum absolute atomic E-state index is 0.329. The van der Waals surface area contributed by atoms with Crippen molar-refractivity contribution >= 4 is 17.7 Å². The molecule has 0 aliphatic heterocycles. The molecule has 25 heavy (non-hydrogen) atoms. The molecule has 0 fully saturated rings. The molecule has 7 heteroatoms. The van der Waals surface area contributed by atoms with Crippen LogP contribution in [0.1, 0.15) is 12.5 Å². The van der Waals surface area contributed by atoms with Gasteiger partial charge in [-0.25, -0.2) is 0 Å². The SMILES string of the molecule is COc1ccc(Sc2ccc(C[C@@H](C)NC(=O)C(F)(F)F)cc2)cc1. The maximum absolute atomic E-state index is 12.2. The molecule has 3 nitrogen and oxygen atoms in total. The smallest absolute Gasteiger partial charge is 0.471 e. The molecule has 134 valence electrons. The average Bonchev–Trinajstić information content (AvgIpc) is 2.56. The van der Waals surface area contributed by atoms with E-state index in [0.29, 0.717) is 6.42 Å². The molecule has 0 spiro atoms. The van der Waals surface area contributed by atoms with Gasteiger partial charge in [0.05, 0.1) is 7.11 Å². The highest BCUT2D eigenvalue weighted by atomic mass is 32.2. The van der Waals surface area contributed by atoms with Crippen molar-refractivity contribution in [3.05, 3.63) is 54.1 Å². The minimum Gasteiger partial charge on any atom is -0.497 e. The van der Waals surface area contributed by atoms with E-state index in [1.807, 2.05) is 53.8 Å². The number of hydrogen-bond acceptors (Lipinski definition) is 3. The van der Waals surface area contributed by atoms with Crippen LogP contribution in [0.5, 0.6) is 5.75 Å². The van der Waals surface area contributed by atoms with E-state index >= 15 is 0 Å². The van der Waals surface area contributed by atoms with Gasteiger partial charge in [-0.2, -0.15) is 13.2 Å². The van der Waals surface area contributed by atoms with Gasteiger partial charge in [-0.3, -0.25) is 4.79 Å². The van der Waals surface area contributed by atoms with Gasteiger partial charge in [0.2, 0.25) is 0 Å². The van der Waals surface area contributed by atoms with E-state index in [9.17, 15) is 18.0 Å².